The lowest BCUT2D eigenvalue weighted by atomic mass is 10.0. The Balaban J connectivity index is 4.41. The maximum absolute atomic E-state index is 12.8. The lowest BCUT2D eigenvalue weighted by molar-refractivity contribution is -0.167. The Hall–Kier alpha value is -2.00. The van der Waals surface area contributed by atoms with Gasteiger partial charge in [0.05, 0.1) is 12.2 Å². The first-order chi connectivity index (χ1) is 32.2. The Morgan fingerprint density at radius 3 is 0.879 bits per heavy atom. The van der Waals surface area contributed by atoms with Gasteiger partial charge in [-0.05, 0) is 57.8 Å². The summed E-state index contributed by atoms with van der Waals surface area (Å²) in [5, 5.41) is 20.3. The summed E-state index contributed by atoms with van der Waals surface area (Å²) in [6.07, 6.45) is 44.6. The van der Waals surface area contributed by atoms with E-state index in [0.717, 1.165) is 193 Å². The summed E-state index contributed by atoms with van der Waals surface area (Å²) in [7, 11) is 0. The van der Waals surface area contributed by atoms with Crippen LogP contribution in [0.2, 0.25) is 0 Å². The minimum absolute atomic E-state index is 0.117. The van der Waals surface area contributed by atoms with Crippen LogP contribution < -0.4 is 0 Å². The summed E-state index contributed by atoms with van der Waals surface area (Å²) >= 11 is 0. The van der Waals surface area contributed by atoms with E-state index in [1.807, 2.05) is 0 Å². The second-order valence-electron chi connectivity index (χ2n) is 19.9. The van der Waals surface area contributed by atoms with Crippen molar-refractivity contribution in [2.75, 3.05) is 13.2 Å². The molecule has 0 rings (SSSR count). The van der Waals surface area contributed by atoms with Gasteiger partial charge in [-0.15, -0.1) is 0 Å². The molecule has 2 atom stereocenters. The van der Waals surface area contributed by atoms with Gasteiger partial charge in [0.15, 0.2) is 6.10 Å². The molecule has 0 aromatic rings. The van der Waals surface area contributed by atoms with Crippen molar-refractivity contribution in [2.24, 2.45) is 0 Å². The molecule has 0 saturated heterocycles. The first kappa shape index (κ1) is 64.0. The number of aliphatic hydroxyl groups is 2. The Morgan fingerprint density at radius 2 is 0.561 bits per heavy atom. The molecule has 2 unspecified atom stereocenters. The zero-order chi connectivity index (χ0) is 48.4. The number of rotatable bonds is 53. The predicted molar refractivity (Wildman–Crippen MR) is 274 cm³/mol. The molecule has 2 N–H and O–H groups in total. The molecule has 0 aliphatic rings. The molecule has 390 valence electrons. The van der Waals surface area contributed by atoms with E-state index in [4.69, 9.17) is 14.2 Å². The molecule has 0 spiro atoms. The monoisotopic (exact) mass is 937 g/mol. The highest BCUT2D eigenvalue weighted by molar-refractivity contribution is 5.78. The normalized spacial score (nSPS) is 12.8. The van der Waals surface area contributed by atoms with Crippen molar-refractivity contribution >= 4 is 23.7 Å². The predicted octanol–water partition coefficient (Wildman–Crippen LogP) is 15.9. The molecule has 0 aromatic heterocycles. The molecular formula is C57H108O9. The maximum Gasteiger partial charge on any atom is 0.306 e. The Bertz CT molecular complexity index is 1030. The number of hydrogen-bond acceptors (Lipinski definition) is 9. The van der Waals surface area contributed by atoms with Crippen LogP contribution >= 0.6 is 0 Å². The number of carbonyl (C=O) groups excluding carboxylic acids is 4. The first-order valence-electron chi connectivity index (χ1n) is 28.6. The molecule has 0 heterocycles. The summed E-state index contributed by atoms with van der Waals surface area (Å²) in [6.45, 7) is 6.37. The van der Waals surface area contributed by atoms with Gasteiger partial charge >= 0.3 is 17.9 Å². The van der Waals surface area contributed by atoms with E-state index in [2.05, 4.69) is 20.8 Å². The molecule has 9 heteroatoms. The number of esters is 3. The molecule has 9 nitrogen and oxygen atoms in total. The number of ketones is 1. The quantitative estimate of drug-likeness (QED) is 0.0347. The molecule has 0 fully saturated rings. The van der Waals surface area contributed by atoms with Crippen molar-refractivity contribution in [3.8, 4) is 0 Å². The zero-order valence-corrected chi connectivity index (χ0v) is 43.7. The number of carbonyl (C=O) groups is 4. The third kappa shape index (κ3) is 48.5. The highest BCUT2D eigenvalue weighted by atomic mass is 16.6. The Kier molecular flexibility index (Phi) is 49.3. The van der Waals surface area contributed by atoms with E-state index >= 15 is 0 Å². The van der Waals surface area contributed by atoms with Gasteiger partial charge in [0, 0.05) is 32.1 Å². The average Bonchev–Trinajstić information content (AvgIpc) is 3.30. The molecule has 0 radical (unpaired) electrons. The van der Waals surface area contributed by atoms with E-state index in [-0.39, 0.29) is 49.8 Å². The van der Waals surface area contributed by atoms with Crippen LogP contribution in [0.5, 0.6) is 0 Å². The third-order valence-corrected chi connectivity index (χ3v) is 13.2. The average molecular weight is 937 g/mol. The molecule has 66 heavy (non-hydrogen) atoms. The van der Waals surface area contributed by atoms with Gasteiger partial charge < -0.3 is 24.4 Å². The van der Waals surface area contributed by atoms with Crippen molar-refractivity contribution in [2.45, 2.75) is 328 Å². The van der Waals surface area contributed by atoms with Gasteiger partial charge in [0.25, 0.3) is 0 Å². The van der Waals surface area contributed by atoms with Crippen LogP contribution in [0.25, 0.3) is 0 Å². The lowest BCUT2D eigenvalue weighted by Gasteiger charge is -2.18. The standard InChI is InChI=1S/C57H108O9/c1-4-7-10-31-40-51(58)43-34-25-19-13-16-22-28-37-46-55(61)64-49-54(66-57(63)48-39-30-24-18-15-21-27-36-45-53(60)42-33-12-9-6-3)50-65-56(62)47-38-29-23-17-14-20-26-35-44-52(59)41-32-11-8-5-2/h51-52,54,58-59H,4-50H2,1-3H3. The van der Waals surface area contributed by atoms with Gasteiger partial charge in [-0.25, -0.2) is 0 Å². The van der Waals surface area contributed by atoms with Crippen molar-refractivity contribution in [1.29, 1.82) is 0 Å². The molecule has 0 aliphatic carbocycles. The van der Waals surface area contributed by atoms with E-state index in [1.165, 1.54) is 77.0 Å². The topological polar surface area (TPSA) is 136 Å². The van der Waals surface area contributed by atoms with Crippen LogP contribution in [0.15, 0.2) is 0 Å². The van der Waals surface area contributed by atoms with Crippen LogP contribution in [-0.4, -0.2) is 65.4 Å². The van der Waals surface area contributed by atoms with Gasteiger partial charge in [-0.3, -0.25) is 19.2 Å². The summed E-state index contributed by atoms with van der Waals surface area (Å²) in [4.78, 5) is 50.2. The Morgan fingerprint density at radius 1 is 0.318 bits per heavy atom. The van der Waals surface area contributed by atoms with Crippen LogP contribution in [0.1, 0.15) is 310 Å². The van der Waals surface area contributed by atoms with E-state index in [9.17, 15) is 29.4 Å². The SMILES string of the molecule is CCCCCCC(=O)CCCCCCCCCCC(=O)OC(COC(=O)CCCCCCCCCCC(O)CCCCCC)COC(=O)CCCCCCCCCCC(O)CCCCCC. The number of aliphatic hydroxyl groups excluding tert-OH is 2. The lowest BCUT2D eigenvalue weighted by Crippen LogP contribution is -2.30. The second kappa shape index (κ2) is 50.9. The maximum atomic E-state index is 12.8. The van der Waals surface area contributed by atoms with Crippen LogP contribution in [0.4, 0.5) is 0 Å². The van der Waals surface area contributed by atoms with Crippen LogP contribution in [0.3, 0.4) is 0 Å². The smallest absolute Gasteiger partial charge is 0.306 e. The van der Waals surface area contributed by atoms with E-state index < -0.39 is 6.10 Å². The minimum atomic E-state index is -0.821. The van der Waals surface area contributed by atoms with Gasteiger partial charge in [-0.2, -0.15) is 0 Å². The molecule has 0 saturated carbocycles. The molecule has 0 aromatic carbocycles. The van der Waals surface area contributed by atoms with Crippen molar-refractivity contribution in [3.63, 3.8) is 0 Å². The van der Waals surface area contributed by atoms with Gasteiger partial charge in [0.1, 0.15) is 19.0 Å². The summed E-state index contributed by atoms with van der Waals surface area (Å²) in [6, 6.07) is 0. The van der Waals surface area contributed by atoms with Crippen molar-refractivity contribution in [1.82, 2.24) is 0 Å². The summed E-state index contributed by atoms with van der Waals surface area (Å²) < 4.78 is 16.8. The number of unbranched alkanes of at least 4 members (excludes halogenated alkanes) is 30. The zero-order valence-electron chi connectivity index (χ0n) is 43.7. The van der Waals surface area contributed by atoms with E-state index in [0.29, 0.717) is 18.6 Å². The minimum Gasteiger partial charge on any atom is -0.462 e. The fourth-order valence-electron chi connectivity index (χ4n) is 8.73. The van der Waals surface area contributed by atoms with Crippen LogP contribution in [0, 0.1) is 0 Å². The Labute approximate surface area is 407 Å². The highest BCUT2D eigenvalue weighted by Crippen LogP contribution is 2.18. The van der Waals surface area contributed by atoms with E-state index in [1.54, 1.807) is 0 Å². The number of ether oxygens (including phenoxy) is 3. The third-order valence-electron chi connectivity index (χ3n) is 13.2. The molecule has 0 bridgehead atoms. The number of hydrogen-bond donors (Lipinski definition) is 2. The fraction of sp³-hybridized carbons (Fsp3) is 0.930. The first-order valence-corrected chi connectivity index (χ1v) is 28.6. The fourth-order valence-corrected chi connectivity index (χ4v) is 8.73. The highest BCUT2D eigenvalue weighted by Gasteiger charge is 2.20. The molecule has 0 aliphatic heterocycles. The number of Topliss-reactive ketones (excluding diaryl/α,β-unsaturated/α-hetero) is 1. The van der Waals surface area contributed by atoms with Gasteiger partial charge in [0.2, 0.25) is 0 Å². The van der Waals surface area contributed by atoms with Crippen molar-refractivity contribution in [3.05, 3.63) is 0 Å². The summed E-state index contributed by atoms with van der Waals surface area (Å²) in [5.74, 6) is -0.583. The molecule has 0 amide bonds. The van der Waals surface area contributed by atoms with Crippen molar-refractivity contribution < 1.29 is 43.6 Å². The molecular weight excluding hydrogens is 829 g/mol. The largest absolute Gasteiger partial charge is 0.462 e. The van der Waals surface area contributed by atoms with Crippen LogP contribution in [-0.2, 0) is 33.4 Å². The second-order valence-corrected chi connectivity index (χ2v) is 19.9. The van der Waals surface area contributed by atoms with Gasteiger partial charge in [-0.1, -0.05) is 220 Å². The summed E-state index contributed by atoms with van der Waals surface area (Å²) in [5.41, 5.74) is 0.